The van der Waals surface area contributed by atoms with Crippen LogP contribution in [-0.4, -0.2) is 22.1 Å². The predicted octanol–water partition coefficient (Wildman–Crippen LogP) is 5.04. The van der Waals surface area contributed by atoms with E-state index in [4.69, 9.17) is 23.2 Å². The summed E-state index contributed by atoms with van der Waals surface area (Å²) >= 11 is 15.3. The second kappa shape index (κ2) is 7.38. The van der Waals surface area contributed by atoms with Crippen LogP contribution in [0.15, 0.2) is 22.5 Å². The quantitative estimate of drug-likeness (QED) is 0.514. The van der Waals surface area contributed by atoms with E-state index in [1.165, 1.54) is 23.1 Å². The minimum Gasteiger partial charge on any atom is -0.284 e. The maximum atomic E-state index is 12.1. The van der Waals surface area contributed by atoms with Gasteiger partial charge in [0, 0.05) is 28.3 Å². The minimum atomic E-state index is 0.106. The van der Waals surface area contributed by atoms with Gasteiger partial charge in [0.15, 0.2) is 4.34 Å². The monoisotopic (exact) mass is 387 g/mol. The van der Waals surface area contributed by atoms with Gasteiger partial charge in [0.05, 0.1) is 0 Å². The Bertz CT molecular complexity index is 698. The SMILES string of the molecule is CCC(=O)N(c1nnc(SCc2c(Cl)cccc2Cl)s1)C1CC1. The molecule has 1 saturated carbocycles. The summed E-state index contributed by atoms with van der Waals surface area (Å²) < 4.78 is 0.811. The third kappa shape index (κ3) is 3.99. The molecule has 1 fully saturated rings. The third-order valence-corrected chi connectivity index (χ3v) is 6.28. The van der Waals surface area contributed by atoms with E-state index in [-0.39, 0.29) is 5.91 Å². The average Bonchev–Trinajstić information content (AvgIpc) is 3.25. The first-order chi connectivity index (χ1) is 11.1. The van der Waals surface area contributed by atoms with Crippen molar-refractivity contribution in [1.82, 2.24) is 10.2 Å². The summed E-state index contributed by atoms with van der Waals surface area (Å²) in [6.45, 7) is 1.87. The van der Waals surface area contributed by atoms with Crippen LogP contribution in [0.1, 0.15) is 31.7 Å². The number of benzene rings is 1. The molecule has 0 saturated heterocycles. The molecule has 0 unspecified atom stereocenters. The summed E-state index contributed by atoms with van der Waals surface area (Å²) in [6, 6.07) is 5.77. The van der Waals surface area contributed by atoms with Crippen molar-refractivity contribution >= 4 is 57.3 Å². The number of halogens is 2. The maximum Gasteiger partial charge on any atom is 0.228 e. The van der Waals surface area contributed by atoms with Crippen LogP contribution in [0.25, 0.3) is 0 Å². The molecule has 8 heteroatoms. The lowest BCUT2D eigenvalue weighted by atomic mass is 10.2. The third-order valence-electron chi connectivity index (χ3n) is 3.49. The fourth-order valence-electron chi connectivity index (χ4n) is 2.13. The number of amides is 1. The molecule has 1 aromatic heterocycles. The molecule has 122 valence electrons. The Balaban J connectivity index is 1.71. The molecule has 0 aliphatic heterocycles. The van der Waals surface area contributed by atoms with Gasteiger partial charge >= 0.3 is 0 Å². The Kier molecular flexibility index (Phi) is 5.46. The number of hydrogen-bond acceptors (Lipinski definition) is 5. The average molecular weight is 388 g/mol. The molecule has 0 spiro atoms. The van der Waals surface area contributed by atoms with Crippen LogP contribution in [-0.2, 0) is 10.5 Å². The van der Waals surface area contributed by atoms with Crippen molar-refractivity contribution < 1.29 is 4.79 Å². The number of carbonyl (C=O) groups excluding carboxylic acids is 1. The van der Waals surface area contributed by atoms with E-state index in [0.29, 0.717) is 33.4 Å². The highest BCUT2D eigenvalue weighted by Gasteiger charge is 2.35. The molecule has 1 aromatic carbocycles. The summed E-state index contributed by atoms with van der Waals surface area (Å²) in [6.07, 6.45) is 2.57. The van der Waals surface area contributed by atoms with Crippen molar-refractivity contribution in [3.8, 4) is 0 Å². The van der Waals surface area contributed by atoms with Gasteiger partial charge < -0.3 is 0 Å². The van der Waals surface area contributed by atoms with Crippen molar-refractivity contribution in [3.63, 3.8) is 0 Å². The molecule has 0 N–H and O–H groups in total. The molecule has 1 aliphatic rings. The number of rotatable bonds is 6. The fraction of sp³-hybridized carbons (Fsp3) is 0.400. The largest absolute Gasteiger partial charge is 0.284 e. The van der Waals surface area contributed by atoms with Gasteiger partial charge in [-0.25, -0.2) is 0 Å². The zero-order chi connectivity index (χ0) is 16.4. The molecule has 1 aliphatic carbocycles. The zero-order valence-electron chi connectivity index (χ0n) is 12.5. The topological polar surface area (TPSA) is 46.1 Å². The molecule has 3 rings (SSSR count). The standard InChI is InChI=1S/C15H15Cl2N3OS2/c1-2-13(21)20(9-6-7-9)14-18-19-15(23-14)22-8-10-11(16)4-3-5-12(10)17/h3-5,9H,2,6-8H2,1H3. The number of nitrogens with zero attached hydrogens (tertiary/aromatic N) is 3. The van der Waals surface area contributed by atoms with Gasteiger partial charge in [-0.15, -0.1) is 10.2 Å². The first kappa shape index (κ1) is 17.0. The second-order valence-electron chi connectivity index (χ2n) is 5.19. The Hall–Kier alpha value is -0.820. The molecule has 0 radical (unpaired) electrons. The Morgan fingerprint density at radius 1 is 1.35 bits per heavy atom. The van der Waals surface area contributed by atoms with Gasteiger partial charge in [-0.2, -0.15) is 0 Å². The summed E-state index contributed by atoms with van der Waals surface area (Å²) in [7, 11) is 0. The van der Waals surface area contributed by atoms with Crippen molar-refractivity contribution in [1.29, 1.82) is 0 Å². The zero-order valence-corrected chi connectivity index (χ0v) is 15.6. The lowest BCUT2D eigenvalue weighted by Gasteiger charge is -2.17. The van der Waals surface area contributed by atoms with Crippen LogP contribution in [0.2, 0.25) is 10.0 Å². The second-order valence-corrected chi connectivity index (χ2v) is 8.18. The molecule has 1 heterocycles. The van der Waals surface area contributed by atoms with E-state index in [9.17, 15) is 4.79 Å². The van der Waals surface area contributed by atoms with Crippen molar-refractivity contribution in [2.45, 2.75) is 42.3 Å². The minimum absolute atomic E-state index is 0.106. The van der Waals surface area contributed by atoms with Gasteiger partial charge in [-0.3, -0.25) is 9.69 Å². The summed E-state index contributed by atoms with van der Waals surface area (Å²) in [5.74, 6) is 0.729. The number of aromatic nitrogens is 2. The summed E-state index contributed by atoms with van der Waals surface area (Å²) in [5, 5.41) is 10.4. The molecule has 23 heavy (non-hydrogen) atoms. The highest BCUT2D eigenvalue weighted by molar-refractivity contribution is 8.00. The van der Waals surface area contributed by atoms with E-state index >= 15 is 0 Å². The number of thioether (sulfide) groups is 1. The van der Waals surface area contributed by atoms with Crippen molar-refractivity contribution in [3.05, 3.63) is 33.8 Å². The molecule has 1 amide bonds. The Labute approximate surface area is 153 Å². The lowest BCUT2D eigenvalue weighted by molar-refractivity contribution is -0.118. The normalized spacial score (nSPS) is 14.0. The van der Waals surface area contributed by atoms with E-state index in [2.05, 4.69) is 10.2 Å². The Morgan fingerprint density at radius 2 is 2.04 bits per heavy atom. The van der Waals surface area contributed by atoms with Gasteiger partial charge in [-0.05, 0) is 30.5 Å². The van der Waals surface area contributed by atoms with Crippen LogP contribution in [0.4, 0.5) is 5.13 Å². The van der Waals surface area contributed by atoms with Gasteiger partial charge in [0.1, 0.15) is 0 Å². The highest BCUT2D eigenvalue weighted by Crippen LogP contribution is 2.38. The molecule has 4 nitrogen and oxygen atoms in total. The lowest BCUT2D eigenvalue weighted by Crippen LogP contribution is -2.32. The number of hydrogen-bond donors (Lipinski definition) is 0. The van der Waals surface area contributed by atoms with E-state index in [1.807, 2.05) is 25.1 Å². The van der Waals surface area contributed by atoms with Crippen LogP contribution in [0, 0.1) is 0 Å². The van der Waals surface area contributed by atoms with Gasteiger partial charge in [0.25, 0.3) is 0 Å². The first-order valence-corrected chi connectivity index (χ1v) is 9.87. The van der Waals surface area contributed by atoms with Gasteiger partial charge in [-0.1, -0.05) is 59.3 Å². The van der Waals surface area contributed by atoms with E-state index in [1.54, 1.807) is 4.90 Å². The molecular weight excluding hydrogens is 373 g/mol. The number of anilines is 1. The van der Waals surface area contributed by atoms with Gasteiger partial charge in [0.2, 0.25) is 11.0 Å². The van der Waals surface area contributed by atoms with Crippen LogP contribution in [0.5, 0.6) is 0 Å². The summed E-state index contributed by atoms with van der Waals surface area (Å²) in [5.41, 5.74) is 0.890. The van der Waals surface area contributed by atoms with E-state index in [0.717, 1.165) is 22.7 Å². The molecular formula is C15H15Cl2N3OS2. The van der Waals surface area contributed by atoms with Crippen molar-refractivity contribution in [2.75, 3.05) is 4.90 Å². The van der Waals surface area contributed by atoms with Crippen molar-refractivity contribution in [2.24, 2.45) is 0 Å². The highest BCUT2D eigenvalue weighted by atomic mass is 35.5. The smallest absolute Gasteiger partial charge is 0.228 e. The molecule has 2 aromatic rings. The summed E-state index contributed by atoms with van der Waals surface area (Å²) in [4.78, 5) is 13.9. The fourth-order valence-corrected chi connectivity index (χ4v) is 4.80. The van der Waals surface area contributed by atoms with E-state index < -0.39 is 0 Å². The predicted molar refractivity (Wildman–Crippen MR) is 96.7 cm³/mol. The molecule has 0 atom stereocenters. The molecule has 0 bridgehead atoms. The van der Waals surface area contributed by atoms with Crippen LogP contribution < -0.4 is 4.90 Å². The maximum absolute atomic E-state index is 12.1. The van der Waals surface area contributed by atoms with Crippen LogP contribution >= 0.6 is 46.3 Å². The van der Waals surface area contributed by atoms with Crippen LogP contribution in [0.3, 0.4) is 0 Å². The Morgan fingerprint density at radius 3 is 2.65 bits per heavy atom. The first-order valence-electron chi connectivity index (χ1n) is 7.31. The number of carbonyl (C=O) groups is 1.